The summed E-state index contributed by atoms with van der Waals surface area (Å²) in [5.74, 6) is 0.432. The minimum atomic E-state index is -0.467. The standard InChI is InChI=1S/C20H32ClN3O2/c1-20(2,3)26-19(25)23-13-15-9-11-24(14-15)18(8-5-10-22)16-6-4-7-17(21)12-16/h4,6-7,12,15,18H,5,8-11,13-14,22H2,1-3H3,(H,23,25). The van der Waals surface area contributed by atoms with Crippen molar-refractivity contribution in [2.45, 2.75) is 51.7 Å². The maximum atomic E-state index is 11.9. The van der Waals surface area contributed by atoms with Crippen LogP contribution >= 0.6 is 11.6 Å². The van der Waals surface area contributed by atoms with E-state index in [2.05, 4.69) is 22.3 Å². The van der Waals surface area contributed by atoms with E-state index in [1.54, 1.807) is 0 Å². The third kappa shape index (κ3) is 6.78. The molecule has 6 heteroatoms. The van der Waals surface area contributed by atoms with Gasteiger partial charge in [-0.3, -0.25) is 4.90 Å². The number of hydrogen-bond donors (Lipinski definition) is 2. The van der Waals surface area contributed by atoms with Crippen LogP contribution in [-0.4, -0.2) is 42.8 Å². The molecule has 1 heterocycles. The van der Waals surface area contributed by atoms with E-state index in [0.29, 0.717) is 25.0 Å². The van der Waals surface area contributed by atoms with E-state index in [1.807, 2.05) is 32.9 Å². The SMILES string of the molecule is CC(C)(C)OC(=O)NCC1CCN(C(CCCN)c2cccc(Cl)c2)C1. The van der Waals surface area contributed by atoms with Crippen LogP contribution in [0.3, 0.4) is 0 Å². The maximum Gasteiger partial charge on any atom is 0.407 e. The van der Waals surface area contributed by atoms with E-state index >= 15 is 0 Å². The zero-order valence-electron chi connectivity index (χ0n) is 16.1. The fraction of sp³-hybridized carbons (Fsp3) is 0.650. The number of carbonyl (C=O) groups excluding carboxylic acids is 1. The number of alkyl carbamates (subject to hydrolysis) is 1. The largest absolute Gasteiger partial charge is 0.444 e. The van der Waals surface area contributed by atoms with Crippen LogP contribution in [0.4, 0.5) is 4.79 Å². The number of nitrogens with zero attached hydrogens (tertiary/aromatic N) is 1. The number of halogens is 1. The van der Waals surface area contributed by atoms with Gasteiger partial charge in [-0.2, -0.15) is 0 Å². The molecule has 1 aliphatic rings. The number of ether oxygens (including phenoxy) is 1. The van der Waals surface area contributed by atoms with Crippen molar-refractivity contribution < 1.29 is 9.53 Å². The molecule has 26 heavy (non-hydrogen) atoms. The highest BCUT2D eigenvalue weighted by Crippen LogP contribution is 2.32. The Kier molecular flexibility index (Phi) is 7.74. The predicted octanol–water partition coefficient (Wildman–Crippen LogP) is 3.97. The van der Waals surface area contributed by atoms with Crippen molar-refractivity contribution in [1.29, 1.82) is 0 Å². The van der Waals surface area contributed by atoms with Crippen molar-refractivity contribution >= 4 is 17.7 Å². The summed E-state index contributed by atoms with van der Waals surface area (Å²) in [5, 5.41) is 3.67. The van der Waals surface area contributed by atoms with Gasteiger partial charge in [0.15, 0.2) is 0 Å². The van der Waals surface area contributed by atoms with Crippen LogP contribution < -0.4 is 11.1 Å². The number of nitrogens with one attached hydrogen (secondary N) is 1. The lowest BCUT2D eigenvalue weighted by atomic mass is 10.0. The fourth-order valence-electron chi connectivity index (χ4n) is 3.44. The van der Waals surface area contributed by atoms with Gasteiger partial charge in [0.1, 0.15) is 5.60 Å². The van der Waals surface area contributed by atoms with E-state index in [0.717, 1.165) is 37.4 Å². The molecule has 1 saturated heterocycles. The van der Waals surface area contributed by atoms with Gasteiger partial charge in [-0.1, -0.05) is 23.7 Å². The molecule has 0 saturated carbocycles. The molecule has 0 aliphatic carbocycles. The quantitative estimate of drug-likeness (QED) is 0.749. The first-order chi connectivity index (χ1) is 12.3. The molecule has 1 fully saturated rings. The molecule has 2 unspecified atom stereocenters. The molecule has 2 rings (SSSR count). The van der Waals surface area contributed by atoms with Crippen LogP contribution in [0.1, 0.15) is 51.6 Å². The molecule has 0 radical (unpaired) electrons. The third-order valence-electron chi connectivity index (χ3n) is 4.61. The second-order valence-electron chi connectivity index (χ2n) is 8.03. The third-order valence-corrected chi connectivity index (χ3v) is 4.84. The second kappa shape index (κ2) is 9.58. The van der Waals surface area contributed by atoms with Crippen LogP contribution in [-0.2, 0) is 4.74 Å². The Labute approximate surface area is 162 Å². The van der Waals surface area contributed by atoms with Crippen molar-refractivity contribution in [2.75, 3.05) is 26.2 Å². The van der Waals surface area contributed by atoms with Crippen molar-refractivity contribution in [1.82, 2.24) is 10.2 Å². The summed E-state index contributed by atoms with van der Waals surface area (Å²) in [5.41, 5.74) is 6.51. The van der Waals surface area contributed by atoms with Crippen LogP contribution in [0.15, 0.2) is 24.3 Å². The molecule has 0 bridgehead atoms. The molecule has 146 valence electrons. The van der Waals surface area contributed by atoms with E-state index < -0.39 is 5.60 Å². The molecule has 3 N–H and O–H groups in total. The van der Waals surface area contributed by atoms with Crippen molar-refractivity contribution in [3.63, 3.8) is 0 Å². The zero-order chi connectivity index (χ0) is 19.2. The highest BCUT2D eigenvalue weighted by atomic mass is 35.5. The minimum Gasteiger partial charge on any atom is -0.444 e. The molecular weight excluding hydrogens is 350 g/mol. The number of hydrogen-bond acceptors (Lipinski definition) is 4. The number of carbonyl (C=O) groups is 1. The van der Waals surface area contributed by atoms with E-state index in [4.69, 9.17) is 22.1 Å². The average Bonchev–Trinajstić information content (AvgIpc) is 3.01. The number of amides is 1. The lowest BCUT2D eigenvalue weighted by Crippen LogP contribution is -2.36. The molecule has 1 aliphatic heterocycles. The minimum absolute atomic E-state index is 0.323. The molecule has 2 atom stereocenters. The van der Waals surface area contributed by atoms with E-state index in [1.165, 1.54) is 5.56 Å². The Bertz CT molecular complexity index is 589. The number of rotatable bonds is 7. The zero-order valence-corrected chi connectivity index (χ0v) is 16.9. The van der Waals surface area contributed by atoms with Crippen molar-refractivity contribution in [2.24, 2.45) is 11.7 Å². The monoisotopic (exact) mass is 381 g/mol. The Morgan fingerprint density at radius 1 is 1.46 bits per heavy atom. The summed E-state index contributed by atoms with van der Waals surface area (Å²) in [7, 11) is 0. The topological polar surface area (TPSA) is 67.6 Å². The Morgan fingerprint density at radius 3 is 2.88 bits per heavy atom. The summed E-state index contributed by atoms with van der Waals surface area (Å²) < 4.78 is 5.32. The smallest absolute Gasteiger partial charge is 0.407 e. The van der Waals surface area contributed by atoms with Crippen LogP contribution in [0.2, 0.25) is 5.02 Å². The maximum absolute atomic E-state index is 11.9. The normalized spacial score (nSPS) is 19.3. The molecule has 5 nitrogen and oxygen atoms in total. The van der Waals surface area contributed by atoms with Crippen molar-refractivity contribution in [3.05, 3.63) is 34.9 Å². The van der Waals surface area contributed by atoms with Gasteiger partial charge >= 0.3 is 6.09 Å². The number of nitrogens with two attached hydrogens (primary N) is 1. The van der Waals surface area contributed by atoms with Gasteiger partial charge in [0.2, 0.25) is 0 Å². The first-order valence-corrected chi connectivity index (χ1v) is 9.82. The average molecular weight is 382 g/mol. The Morgan fingerprint density at radius 2 is 2.23 bits per heavy atom. The summed E-state index contributed by atoms with van der Waals surface area (Å²) in [6.45, 7) is 8.92. The van der Waals surface area contributed by atoms with Gasteiger partial charge in [0, 0.05) is 24.2 Å². The lowest BCUT2D eigenvalue weighted by Gasteiger charge is -2.28. The summed E-state index contributed by atoms with van der Waals surface area (Å²) >= 11 is 6.19. The first-order valence-electron chi connectivity index (χ1n) is 9.45. The van der Waals surface area contributed by atoms with Gasteiger partial charge in [0.05, 0.1) is 0 Å². The lowest BCUT2D eigenvalue weighted by molar-refractivity contribution is 0.0519. The highest BCUT2D eigenvalue weighted by molar-refractivity contribution is 6.30. The predicted molar refractivity (Wildman–Crippen MR) is 106 cm³/mol. The van der Waals surface area contributed by atoms with Gasteiger partial charge in [0.25, 0.3) is 0 Å². The van der Waals surface area contributed by atoms with Crippen molar-refractivity contribution in [3.8, 4) is 0 Å². The van der Waals surface area contributed by atoms with Crippen LogP contribution in [0.5, 0.6) is 0 Å². The first kappa shape index (κ1) is 21.0. The van der Waals surface area contributed by atoms with Gasteiger partial charge < -0.3 is 15.8 Å². The Balaban J connectivity index is 1.92. The van der Waals surface area contributed by atoms with E-state index in [-0.39, 0.29) is 6.09 Å². The number of benzene rings is 1. The Hall–Kier alpha value is -1.30. The molecule has 1 amide bonds. The van der Waals surface area contributed by atoms with Gasteiger partial charge in [-0.15, -0.1) is 0 Å². The second-order valence-corrected chi connectivity index (χ2v) is 8.47. The fourth-order valence-corrected chi connectivity index (χ4v) is 3.64. The summed E-state index contributed by atoms with van der Waals surface area (Å²) in [6.07, 6.45) is 2.72. The molecule has 1 aromatic carbocycles. The highest BCUT2D eigenvalue weighted by Gasteiger charge is 2.29. The number of likely N-dealkylation sites (tertiary alicyclic amines) is 1. The molecular formula is C20H32ClN3O2. The molecule has 0 aromatic heterocycles. The van der Waals surface area contributed by atoms with Crippen LogP contribution in [0, 0.1) is 5.92 Å². The van der Waals surface area contributed by atoms with Gasteiger partial charge in [-0.05, 0) is 76.7 Å². The summed E-state index contributed by atoms with van der Waals surface area (Å²) in [4.78, 5) is 14.3. The van der Waals surface area contributed by atoms with Gasteiger partial charge in [-0.25, -0.2) is 4.79 Å². The molecule has 0 spiro atoms. The van der Waals surface area contributed by atoms with Crippen LogP contribution in [0.25, 0.3) is 0 Å². The molecule has 1 aromatic rings. The summed E-state index contributed by atoms with van der Waals surface area (Å²) in [6, 6.07) is 8.42. The van der Waals surface area contributed by atoms with E-state index in [9.17, 15) is 4.79 Å².